The van der Waals surface area contributed by atoms with Crippen molar-refractivity contribution in [2.45, 2.75) is 13.8 Å². The lowest BCUT2D eigenvalue weighted by atomic mass is 10.2. The summed E-state index contributed by atoms with van der Waals surface area (Å²) >= 11 is 1.69. The molecule has 1 heterocycles. The highest BCUT2D eigenvalue weighted by atomic mass is 32.2. The van der Waals surface area contributed by atoms with Gasteiger partial charge >= 0.3 is 0 Å². The molecule has 0 saturated heterocycles. The van der Waals surface area contributed by atoms with Crippen LogP contribution in [0.1, 0.15) is 13.8 Å². The molecule has 0 atom stereocenters. The van der Waals surface area contributed by atoms with Crippen molar-refractivity contribution >= 4 is 16.8 Å². The molecule has 1 nitrogen and oxygen atoms in total. The number of allylic oxidation sites excluding steroid dienone is 3. The lowest BCUT2D eigenvalue weighted by Gasteiger charge is -1.93. The summed E-state index contributed by atoms with van der Waals surface area (Å²) in [4.78, 5) is 5.44. The average Bonchev–Trinajstić information content (AvgIpc) is 2.32. The number of hydrogen-bond acceptors (Lipinski definition) is 2. The molecule has 11 heavy (non-hydrogen) atoms. The van der Waals surface area contributed by atoms with Gasteiger partial charge in [-0.15, -0.1) is 0 Å². The average molecular weight is 165 g/mol. The molecule has 0 aromatic heterocycles. The molecule has 0 unspecified atom stereocenters. The van der Waals surface area contributed by atoms with Crippen molar-refractivity contribution in [2.24, 2.45) is 4.99 Å². The molecule has 0 aliphatic carbocycles. The Kier molecular flexibility index (Phi) is 2.71. The Balaban J connectivity index is 2.92. The molecule has 0 bridgehead atoms. The first-order chi connectivity index (χ1) is 5.27. The lowest BCUT2D eigenvalue weighted by molar-refractivity contribution is 1.57. The molecule has 0 aromatic rings. The summed E-state index contributed by atoms with van der Waals surface area (Å²) in [6.07, 6.45) is 5.77. The lowest BCUT2D eigenvalue weighted by Crippen LogP contribution is -1.86. The van der Waals surface area contributed by atoms with Gasteiger partial charge in [0.2, 0.25) is 0 Å². The molecule has 58 valence electrons. The zero-order valence-electron chi connectivity index (χ0n) is 6.79. The van der Waals surface area contributed by atoms with Gasteiger partial charge in [0.25, 0.3) is 0 Å². The van der Waals surface area contributed by atoms with Crippen molar-refractivity contribution in [1.82, 2.24) is 0 Å². The fourth-order valence-corrected chi connectivity index (χ4v) is 1.82. The van der Waals surface area contributed by atoms with E-state index in [0.717, 1.165) is 5.04 Å². The molecule has 2 heteroatoms. The van der Waals surface area contributed by atoms with E-state index >= 15 is 0 Å². The van der Waals surface area contributed by atoms with Gasteiger partial charge in [-0.05, 0) is 24.8 Å². The topological polar surface area (TPSA) is 12.4 Å². The van der Waals surface area contributed by atoms with Crippen molar-refractivity contribution in [3.63, 3.8) is 0 Å². The smallest absolute Gasteiger partial charge is 0.107 e. The molecular weight excluding hydrogens is 154 g/mol. The summed E-state index contributed by atoms with van der Waals surface area (Å²) in [5, 5.41) is 1.06. The molecule has 0 radical (unpaired) electrons. The van der Waals surface area contributed by atoms with Gasteiger partial charge in [0, 0.05) is 11.8 Å². The monoisotopic (exact) mass is 165 g/mol. The third-order valence-corrected chi connectivity index (χ3v) is 2.36. The zero-order chi connectivity index (χ0) is 8.27. The summed E-state index contributed by atoms with van der Waals surface area (Å²) < 4.78 is 0. The Labute approximate surface area is 71.6 Å². The van der Waals surface area contributed by atoms with Gasteiger partial charge in [-0.2, -0.15) is 0 Å². The summed E-state index contributed by atoms with van der Waals surface area (Å²) in [5.74, 6) is 0. The minimum Gasteiger partial charge on any atom is -0.250 e. The van der Waals surface area contributed by atoms with Crippen LogP contribution in [0, 0.1) is 0 Å². The van der Waals surface area contributed by atoms with Crippen LogP contribution in [0.5, 0.6) is 0 Å². The number of thioether (sulfide) groups is 1. The maximum absolute atomic E-state index is 4.15. The Morgan fingerprint density at radius 2 is 2.36 bits per heavy atom. The largest absolute Gasteiger partial charge is 0.250 e. The van der Waals surface area contributed by atoms with Crippen molar-refractivity contribution in [1.29, 1.82) is 0 Å². The van der Waals surface area contributed by atoms with Crippen molar-refractivity contribution in [2.75, 3.05) is 0 Å². The van der Waals surface area contributed by atoms with E-state index in [1.165, 1.54) is 10.5 Å². The van der Waals surface area contributed by atoms with Gasteiger partial charge in [-0.1, -0.05) is 24.4 Å². The van der Waals surface area contributed by atoms with Crippen LogP contribution in [-0.2, 0) is 0 Å². The predicted octanol–water partition coefficient (Wildman–Crippen LogP) is 3.13. The van der Waals surface area contributed by atoms with E-state index in [2.05, 4.69) is 30.6 Å². The Hall–Kier alpha value is -0.760. The summed E-state index contributed by atoms with van der Waals surface area (Å²) in [7, 11) is 0. The van der Waals surface area contributed by atoms with Gasteiger partial charge in [0.05, 0.1) is 0 Å². The molecule has 1 rings (SSSR count). The van der Waals surface area contributed by atoms with Crippen LogP contribution in [0.3, 0.4) is 0 Å². The van der Waals surface area contributed by atoms with E-state index in [1.807, 2.05) is 6.92 Å². The molecule has 0 N–H and O–H groups in total. The third-order valence-electron chi connectivity index (χ3n) is 1.38. The van der Waals surface area contributed by atoms with Gasteiger partial charge in [-0.25, -0.2) is 4.99 Å². The number of nitrogens with zero attached hydrogens (tertiary/aromatic N) is 1. The van der Waals surface area contributed by atoms with Gasteiger partial charge in [0.1, 0.15) is 5.04 Å². The first-order valence-electron chi connectivity index (χ1n) is 3.49. The number of aliphatic imine (C=N–C) groups is 1. The Morgan fingerprint density at radius 1 is 1.64 bits per heavy atom. The van der Waals surface area contributed by atoms with Gasteiger partial charge in [-0.3, -0.25) is 0 Å². The molecule has 1 aliphatic heterocycles. The van der Waals surface area contributed by atoms with Gasteiger partial charge < -0.3 is 0 Å². The van der Waals surface area contributed by atoms with Crippen LogP contribution in [0.2, 0.25) is 0 Å². The number of hydrogen-bond donors (Lipinski definition) is 0. The highest BCUT2D eigenvalue weighted by molar-refractivity contribution is 8.18. The van der Waals surface area contributed by atoms with Crippen LogP contribution < -0.4 is 0 Å². The Bertz CT molecular complexity index is 259. The Morgan fingerprint density at radius 3 is 2.91 bits per heavy atom. The van der Waals surface area contributed by atoms with E-state index < -0.39 is 0 Å². The minimum absolute atomic E-state index is 1.06. The normalized spacial score (nSPS) is 24.4. The van der Waals surface area contributed by atoms with Crippen molar-refractivity contribution < 1.29 is 0 Å². The fourth-order valence-electron chi connectivity index (χ4n) is 0.912. The standard InChI is InChI=1S/C9H11NS/c1-4-8-6-7(3)11-9(8)10-5-2/h4-6H,2H2,1,3H3/b8-4-,10-9?. The predicted molar refractivity (Wildman–Crippen MR) is 52.7 cm³/mol. The van der Waals surface area contributed by atoms with E-state index in [4.69, 9.17) is 0 Å². The number of rotatable bonds is 1. The third kappa shape index (κ3) is 1.84. The summed E-state index contributed by atoms with van der Waals surface area (Å²) in [5.41, 5.74) is 1.20. The summed E-state index contributed by atoms with van der Waals surface area (Å²) in [6, 6.07) is 0. The van der Waals surface area contributed by atoms with Crippen LogP contribution in [0.25, 0.3) is 0 Å². The highest BCUT2D eigenvalue weighted by Gasteiger charge is 2.12. The van der Waals surface area contributed by atoms with E-state index in [1.54, 1.807) is 18.0 Å². The van der Waals surface area contributed by atoms with Crippen LogP contribution in [0.15, 0.2) is 40.4 Å². The van der Waals surface area contributed by atoms with E-state index in [9.17, 15) is 0 Å². The van der Waals surface area contributed by atoms with Crippen LogP contribution >= 0.6 is 11.8 Å². The maximum atomic E-state index is 4.15. The second-order valence-electron chi connectivity index (χ2n) is 2.22. The molecule has 0 aromatic carbocycles. The fraction of sp³-hybridized carbons (Fsp3) is 0.222. The molecule has 1 aliphatic rings. The highest BCUT2D eigenvalue weighted by Crippen LogP contribution is 2.30. The van der Waals surface area contributed by atoms with Crippen molar-refractivity contribution in [3.8, 4) is 0 Å². The maximum Gasteiger partial charge on any atom is 0.107 e. The molecule has 0 fully saturated rings. The molecule has 0 amide bonds. The van der Waals surface area contributed by atoms with E-state index in [-0.39, 0.29) is 0 Å². The molecule has 0 spiro atoms. The minimum atomic E-state index is 1.06. The van der Waals surface area contributed by atoms with Crippen molar-refractivity contribution in [3.05, 3.63) is 35.4 Å². The first kappa shape index (κ1) is 8.34. The van der Waals surface area contributed by atoms with Crippen LogP contribution in [0.4, 0.5) is 0 Å². The second kappa shape index (κ2) is 3.58. The second-order valence-corrected chi connectivity index (χ2v) is 3.45. The zero-order valence-corrected chi connectivity index (χ0v) is 7.61. The summed E-state index contributed by atoms with van der Waals surface area (Å²) in [6.45, 7) is 7.67. The van der Waals surface area contributed by atoms with E-state index in [0.29, 0.717) is 0 Å². The molecule has 0 saturated carbocycles. The van der Waals surface area contributed by atoms with Gasteiger partial charge in [0.15, 0.2) is 0 Å². The first-order valence-corrected chi connectivity index (χ1v) is 4.31. The molecular formula is C9H11NS. The van der Waals surface area contributed by atoms with Crippen LogP contribution in [-0.4, -0.2) is 5.04 Å². The quantitative estimate of drug-likeness (QED) is 0.581. The SMILES string of the molecule is C=CN=C1SC(C)=C/C1=C/C.